The number of nitrogens with one attached hydrogen (secondary N) is 1. The zero-order valence-corrected chi connectivity index (χ0v) is 16.8. The van der Waals surface area contributed by atoms with Crippen molar-refractivity contribution in [3.63, 3.8) is 0 Å². The fraction of sp³-hybridized carbons (Fsp3) is 0.125. The van der Waals surface area contributed by atoms with Gasteiger partial charge in [0.15, 0.2) is 6.61 Å². The highest BCUT2D eigenvalue weighted by Crippen LogP contribution is 2.22. The van der Waals surface area contributed by atoms with Crippen molar-refractivity contribution < 1.29 is 14.3 Å². The average Bonchev–Trinajstić information content (AvgIpc) is 3.32. The number of amides is 1. The van der Waals surface area contributed by atoms with Crippen molar-refractivity contribution in [1.29, 1.82) is 0 Å². The van der Waals surface area contributed by atoms with E-state index in [0.29, 0.717) is 30.5 Å². The summed E-state index contributed by atoms with van der Waals surface area (Å²) < 4.78 is 13.1. The van der Waals surface area contributed by atoms with E-state index in [1.54, 1.807) is 42.7 Å². The lowest BCUT2D eigenvalue weighted by Gasteiger charge is -2.12. The van der Waals surface area contributed by atoms with Crippen LogP contribution in [0.15, 0.2) is 91.4 Å². The van der Waals surface area contributed by atoms with E-state index in [4.69, 9.17) is 9.47 Å². The predicted octanol–water partition coefficient (Wildman–Crippen LogP) is 3.81. The van der Waals surface area contributed by atoms with Crippen molar-refractivity contribution in [2.24, 2.45) is 0 Å². The highest BCUT2D eigenvalue weighted by atomic mass is 16.5. The summed E-state index contributed by atoms with van der Waals surface area (Å²) in [6.07, 6.45) is 5.33. The molecule has 0 unspecified atom stereocenters. The molecule has 31 heavy (non-hydrogen) atoms. The fourth-order valence-electron chi connectivity index (χ4n) is 2.98. The summed E-state index contributed by atoms with van der Waals surface area (Å²) in [5.41, 5.74) is 2.15. The van der Waals surface area contributed by atoms with Gasteiger partial charge in [-0.3, -0.25) is 9.48 Å². The Morgan fingerprint density at radius 3 is 2.39 bits per heavy atom. The molecule has 0 fully saturated rings. The van der Waals surface area contributed by atoms with Gasteiger partial charge in [-0.05, 0) is 47.5 Å². The number of carbonyl (C=O) groups excluding carboxylic acids is 1. The Hall–Kier alpha value is -4.13. The zero-order chi connectivity index (χ0) is 21.3. The van der Waals surface area contributed by atoms with Gasteiger partial charge in [0.25, 0.3) is 5.91 Å². The second-order valence-corrected chi connectivity index (χ2v) is 6.78. The number of ether oxygens (including phenoxy) is 2. The summed E-state index contributed by atoms with van der Waals surface area (Å²) in [4.78, 5) is 16.4. The van der Waals surface area contributed by atoms with Crippen molar-refractivity contribution in [2.75, 3.05) is 6.61 Å². The molecular formula is C24H22N4O3. The number of hydrogen-bond donors (Lipinski definition) is 1. The van der Waals surface area contributed by atoms with Gasteiger partial charge in [0.2, 0.25) is 5.88 Å². The third kappa shape index (κ3) is 5.93. The van der Waals surface area contributed by atoms with Gasteiger partial charge in [-0.15, -0.1) is 0 Å². The van der Waals surface area contributed by atoms with Crippen molar-refractivity contribution in [3.8, 4) is 17.4 Å². The normalized spacial score (nSPS) is 10.5. The van der Waals surface area contributed by atoms with Gasteiger partial charge in [0, 0.05) is 31.2 Å². The molecule has 0 spiro atoms. The van der Waals surface area contributed by atoms with E-state index in [2.05, 4.69) is 15.4 Å². The van der Waals surface area contributed by atoms with Crippen LogP contribution in [0.1, 0.15) is 11.1 Å². The second kappa shape index (κ2) is 10.1. The molecule has 0 aliphatic heterocycles. The van der Waals surface area contributed by atoms with E-state index >= 15 is 0 Å². The molecule has 2 heterocycles. The van der Waals surface area contributed by atoms with Crippen LogP contribution >= 0.6 is 0 Å². The molecule has 0 aliphatic rings. The van der Waals surface area contributed by atoms with Crippen LogP contribution in [-0.2, 0) is 17.9 Å². The molecule has 7 heteroatoms. The molecular weight excluding hydrogens is 392 g/mol. The van der Waals surface area contributed by atoms with E-state index in [1.165, 1.54) is 0 Å². The number of carbonyl (C=O) groups is 1. The quantitative estimate of drug-likeness (QED) is 0.451. The Kier molecular flexibility index (Phi) is 6.54. The zero-order valence-electron chi connectivity index (χ0n) is 16.8. The minimum absolute atomic E-state index is 0.0677. The minimum atomic E-state index is -0.192. The van der Waals surface area contributed by atoms with Crippen LogP contribution in [0.4, 0.5) is 0 Å². The summed E-state index contributed by atoms with van der Waals surface area (Å²) in [5.74, 6) is 1.55. The number of benzene rings is 2. The Balaban J connectivity index is 1.25. The van der Waals surface area contributed by atoms with Crippen molar-refractivity contribution in [1.82, 2.24) is 20.1 Å². The first-order valence-corrected chi connectivity index (χ1v) is 9.89. The molecule has 2 aromatic carbocycles. The number of rotatable bonds is 9. The minimum Gasteiger partial charge on any atom is -0.484 e. The van der Waals surface area contributed by atoms with Crippen LogP contribution in [0, 0.1) is 0 Å². The Morgan fingerprint density at radius 1 is 0.871 bits per heavy atom. The van der Waals surface area contributed by atoms with Crippen LogP contribution in [0.25, 0.3) is 0 Å². The van der Waals surface area contributed by atoms with Gasteiger partial charge < -0.3 is 14.8 Å². The summed E-state index contributed by atoms with van der Waals surface area (Å²) in [5, 5.41) is 7.14. The van der Waals surface area contributed by atoms with E-state index in [0.717, 1.165) is 11.1 Å². The SMILES string of the molecule is O=C(COc1ccc(Oc2ccccn2)cc1)NCc1ccccc1Cn1cccn1. The van der Waals surface area contributed by atoms with Gasteiger partial charge in [0.05, 0.1) is 6.54 Å². The van der Waals surface area contributed by atoms with Crippen molar-refractivity contribution in [2.45, 2.75) is 13.1 Å². The summed E-state index contributed by atoms with van der Waals surface area (Å²) in [7, 11) is 0. The number of nitrogens with zero attached hydrogens (tertiary/aromatic N) is 3. The molecule has 4 rings (SSSR count). The van der Waals surface area contributed by atoms with Gasteiger partial charge in [-0.25, -0.2) is 4.98 Å². The Morgan fingerprint density at radius 2 is 1.65 bits per heavy atom. The monoisotopic (exact) mass is 414 g/mol. The lowest BCUT2D eigenvalue weighted by Crippen LogP contribution is -2.28. The smallest absolute Gasteiger partial charge is 0.258 e. The standard InChI is InChI=1S/C24H22N4O3/c29-23(26-16-19-6-1-2-7-20(19)17-28-15-5-14-27-28)18-30-21-9-11-22(12-10-21)31-24-8-3-4-13-25-24/h1-15H,16-18H2,(H,26,29). The molecule has 1 amide bonds. The lowest BCUT2D eigenvalue weighted by molar-refractivity contribution is -0.123. The van der Waals surface area contributed by atoms with Crippen LogP contribution < -0.4 is 14.8 Å². The third-order valence-electron chi connectivity index (χ3n) is 4.54. The first kappa shape index (κ1) is 20.2. The molecule has 0 aliphatic carbocycles. The van der Waals surface area contributed by atoms with Crippen LogP contribution in [0.3, 0.4) is 0 Å². The highest BCUT2D eigenvalue weighted by molar-refractivity contribution is 5.77. The van der Waals surface area contributed by atoms with Gasteiger partial charge in [-0.2, -0.15) is 5.10 Å². The molecule has 4 aromatic rings. The number of pyridine rings is 1. The number of aromatic nitrogens is 3. The lowest BCUT2D eigenvalue weighted by atomic mass is 10.1. The van der Waals surface area contributed by atoms with E-state index in [-0.39, 0.29) is 12.5 Å². The molecule has 0 radical (unpaired) electrons. The maximum absolute atomic E-state index is 12.2. The van der Waals surface area contributed by atoms with E-state index in [1.807, 2.05) is 53.3 Å². The Labute approximate surface area is 180 Å². The first-order chi connectivity index (χ1) is 15.3. The molecule has 0 bridgehead atoms. The van der Waals surface area contributed by atoms with Gasteiger partial charge >= 0.3 is 0 Å². The molecule has 7 nitrogen and oxygen atoms in total. The van der Waals surface area contributed by atoms with Crippen LogP contribution in [-0.4, -0.2) is 27.3 Å². The molecule has 0 saturated carbocycles. The molecule has 156 valence electrons. The molecule has 2 aromatic heterocycles. The topological polar surface area (TPSA) is 78.3 Å². The second-order valence-electron chi connectivity index (χ2n) is 6.78. The molecule has 0 atom stereocenters. The largest absolute Gasteiger partial charge is 0.484 e. The molecule has 1 N–H and O–H groups in total. The number of hydrogen-bond acceptors (Lipinski definition) is 5. The average molecular weight is 414 g/mol. The van der Waals surface area contributed by atoms with Crippen LogP contribution in [0.2, 0.25) is 0 Å². The van der Waals surface area contributed by atoms with Gasteiger partial charge in [0.1, 0.15) is 11.5 Å². The highest BCUT2D eigenvalue weighted by Gasteiger charge is 2.07. The third-order valence-corrected chi connectivity index (χ3v) is 4.54. The summed E-state index contributed by atoms with van der Waals surface area (Å²) in [6, 6.07) is 22.4. The van der Waals surface area contributed by atoms with E-state index in [9.17, 15) is 4.79 Å². The predicted molar refractivity (Wildman–Crippen MR) is 116 cm³/mol. The van der Waals surface area contributed by atoms with Crippen molar-refractivity contribution >= 4 is 5.91 Å². The summed E-state index contributed by atoms with van der Waals surface area (Å²) in [6.45, 7) is 1.01. The first-order valence-electron chi connectivity index (χ1n) is 9.89. The fourth-order valence-corrected chi connectivity index (χ4v) is 2.98. The Bertz CT molecular complexity index is 1100. The maximum Gasteiger partial charge on any atom is 0.258 e. The molecule has 0 saturated heterocycles. The van der Waals surface area contributed by atoms with Crippen molar-refractivity contribution in [3.05, 3.63) is 103 Å². The summed E-state index contributed by atoms with van der Waals surface area (Å²) >= 11 is 0. The maximum atomic E-state index is 12.2. The van der Waals surface area contributed by atoms with E-state index < -0.39 is 0 Å². The van der Waals surface area contributed by atoms with Gasteiger partial charge in [-0.1, -0.05) is 30.3 Å². The van der Waals surface area contributed by atoms with Crippen LogP contribution in [0.5, 0.6) is 17.4 Å².